The molecule has 1 aliphatic carbocycles. The van der Waals surface area contributed by atoms with Gasteiger partial charge in [0.05, 0.1) is 6.04 Å². The van der Waals surface area contributed by atoms with Crippen molar-refractivity contribution >= 4 is 5.91 Å². The Morgan fingerprint density at radius 3 is 2.45 bits per heavy atom. The molecule has 0 aliphatic heterocycles. The summed E-state index contributed by atoms with van der Waals surface area (Å²) in [6, 6.07) is 12.0. The summed E-state index contributed by atoms with van der Waals surface area (Å²) >= 11 is 0. The number of aryl methyl sites for hydroxylation is 2. The number of carbonyl (C=O) groups excluding carboxylic acids is 1. The minimum atomic E-state index is -0.334. The number of halogens is 1. The molecule has 0 saturated carbocycles. The fourth-order valence-corrected chi connectivity index (χ4v) is 2.99. The van der Waals surface area contributed by atoms with Crippen LogP contribution in [0.3, 0.4) is 0 Å². The van der Waals surface area contributed by atoms with Gasteiger partial charge in [-0.25, -0.2) is 4.39 Å². The first-order valence-corrected chi connectivity index (χ1v) is 7.81. The second-order valence-electron chi connectivity index (χ2n) is 5.94. The Labute approximate surface area is 130 Å². The number of hydrogen-bond acceptors (Lipinski definition) is 1. The van der Waals surface area contributed by atoms with Gasteiger partial charge in [0.25, 0.3) is 5.91 Å². The van der Waals surface area contributed by atoms with Crippen LogP contribution in [0.1, 0.15) is 52.9 Å². The molecule has 1 aliphatic rings. The van der Waals surface area contributed by atoms with Gasteiger partial charge in [0.1, 0.15) is 5.82 Å². The van der Waals surface area contributed by atoms with Gasteiger partial charge in [0.15, 0.2) is 0 Å². The Morgan fingerprint density at radius 2 is 1.73 bits per heavy atom. The highest BCUT2D eigenvalue weighted by molar-refractivity contribution is 5.94. The zero-order valence-corrected chi connectivity index (χ0v) is 12.7. The van der Waals surface area contributed by atoms with E-state index in [1.54, 1.807) is 0 Å². The topological polar surface area (TPSA) is 29.1 Å². The summed E-state index contributed by atoms with van der Waals surface area (Å²) < 4.78 is 12.9. The zero-order valence-electron chi connectivity index (χ0n) is 12.7. The summed E-state index contributed by atoms with van der Waals surface area (Å²) in [5, 5.41) is 2.98. The quantitative estimate of drug-likeness (QED) is 0.904. The monoisotopic (exact) mass is 297 g/mol. The molecule has 0 heterocycles. The molecule has 3 rings (SSSR count). The van der Waals surface area contributed by atoms with Gasteiger partial charge in [-0.3, -0.25) is 4.79 Å². The van der Waals surface area contributed by atoms with Crippen molar-refractivity contribution in [2.75, 3.05) is 0 Å². The molecule has 1 amide bonds. The lowest BCUT2D eigenvalue weighted by atomic mass is 9.89. The Morgan fingerprint density at radius 1 is 1.05 bits per heavy atom. The highest BCUT2D eigenvalue weighted by Gasteiger charge is 2.15. The second kappa shape index (κ2) is 6.30. The summed E-state index contributed by atoms with van der Waals surface area (Å²) in [4.78, 5) is 12.2. The van der Waals surface area contributed by atoms with Crippen LogP contribution in [0.4, 0.5) is 4.39 Å². The van der Waals surface area contributed by atoms with E-state index in [2.05, 4.69) is 23.5 Å². The van der Waals surface area contributed by atoms with Crippen LogP contribution in [0, 0.1) is 5.82 Å². The lowest BCUT2D eigenvalue weighted by Crippen LogP contribution is -2.26. The minimum Gasteiger partial charge on any atom is -0.346 e. The smallest absolute Gasteiger partial charge is 0.251 e. The molecule has 1 N–H and O–H groups in total. The van der Waals surface area contributed by atoms with Gasteiger partial charge in [0, 0.05) is 5.56 Å². The predicted octanol–water partition coefficient (Wildman–Crippen LogP) is 4.20. The van der Waals surface area contributed by atoms with Gasteiger partial charge in [-0.2, -0.15) is 0 Å². The first-order valence-electron chi connectivity index (χ1n) is 7.81. The van der Waals surface area contributed by atoms with Crippen LogP contribution in [0.2, 0.25) is 0 Å². The van der Waals surface area contributed by atoms with E-state index in [0.717, 1.165) is 18.4 Å². The molecule has 0 aromatic heterocycles. The fraction of sp³-hybridized carbons (Fsp3) is 0.316. The maximum atomic E-state index is 12.9. The average Bonchev–Trinajstić information content (AvgIpc) is 2.55. The standard InChI is InChI=1S/C19H20FNO/c1-13(21-19(22)15-8-10-18(20)11-9-15)16-7-6-14-4-2-3-5-17(14)12-16/h6-13H,2-5H2,1H3,(H,21,22)/t13-/m1/s1. The van der Waals surface area contributed by atoms with E-state index in [1.165, 1.54) is 48.2 Å². The maximum Gasteiger partial charge on any atom is 0.251 e. The first-order chi connectivity index (χ1) is 10.6. The van der Waals surface area contributed by atoms with E-state index in [1.807, 2.05) is 6.92 Å². The fourth-order valence-electron chi connectivity index (χ4n) is 2.99. The number of amides is 1. The number of hydrogen-bond donors (Lipinski definition) is 1. The summed E-state index contributed by atoms with van der Waals surface area (Å²) in [5.41, 5.74) is 4.45. The highest BCUT2D eigenvalue weighted by atomic mass is 19.1. The molecule has 2 nitrogen and oxygen atoms in total. The van der Waals surface area contributed by atoms with E-state index in [9.17, 15) is 9.18 Å². The van der Waals surface area contributed by atoms with E-state index in [-0.39, 0.29) is 17.8 Å². The van der Waals surface area contributed by atoms with Gasteiger partial charge >= 0.3 is 0 Å². The van der Waals surface area contributed by atoms with Crippen molar-refractivity contribution < 1.29 is 9.18 Å². The van der Waals surface area contributed by atoms with Crippen molar-refractivity contribution in [3.63, 3.8) is 0 Å². The molecular formula is C19H20FNO. The Kier molecular flexibility index (Phi) is 4.23. The molecule has 0 saturated heterocycles. The van der Waals surface area contributed by atoms with Crippen LogP contribution < -0.4 is 5.32 Å². The number of benzene rings is 2. The number of rotatable bonds is 3. The molecule has 3 heteroatoms. The molecule has 114 valence electrons. The Bertz CT molecular complexity index is 678. The van der Waals surface area contributed by atoms with Crippen molar-refractivity contribution in [1.82, 2.24) is 5.32 Å². The van der Waals surface area contributed by atoms with Gasteiger partial charge in [-0.1, -0.05) is 18.2 Å². The highest BCUT2D eigenvalue weighted by Crippen LogP contribution is 2.24. The molecule has 1 atom stereocenters. The normalized spacial score (nSPS) is 15.0. The third-order valence-corrected chi connectivity index (χ3v) is 4.33. The van der Waals surface area contributed by atoms with Crippen LogP contribution in [0.15, 0.2) is 42.5 Å². The molecule has 0 unspecified atom stereocenters. The third kappa shape index (κ3) is 3.19. The number of nitrogens with one attached hydrogen (secondary N) is 1. The van der Waals surface area contributed by atoms with Crippen LogP contribution in [0.5, 0.6) is 0 Å². The number of fused-ring (bicyclic) bond motifs is 1. The summed E-state index contributed by atoms with van der Waals surface area (Å²) in [7, 11) is 0. The minimum absolute atomic E-state index is 0.0650. The lowest BCUT2D eigenvalue weighted by Gasteiger charge is -2.20. The zero-order chi connectivity index (χ0) is 15.5. The SMILES string of the molecule is C[C@@H](NC(=O)c1ccc(F)cc1)c1ccc2c(c1)CCCC2. The Hall–Kier alpha value is -2.16. The van der Waals surface area contributed by atoms with Crippen LogP contribution in [-0.4, -0.2) is 5.91 Å². The number of carbonyl (C=O) groups is 1. The van der Waals surface area contributed by atoms with Gasteiger partial charge < -0.3 is 5.32 Å². The summed E-state index contributed by atoms with van der Waals surface area (Å²) in [5.74, 6) is -0.510. The van der Waals surface area contributed by atoms with Crippen LogP contribution in [0.25, 0.3) is 0 Å². The largest absolute Gasteiger partial charge is 0.346 e. The summed E-state index contributed by atoms with van der Waals surface area (Å²) in [6.07, 6.45) is 4.80. The predicted molar refractivity (Wildman–Crippen MR) is 85.4 cm³/mol. The van der Waals surface area contributed by atoms with Gasteiger partial charge in [-0.15, -0.1) is 0 Å². The molecule has 0 bridgehead atoms. The molecule has 22 heavy (non-hydrogen) atoms. The van der Waals surface area contributed by atoms with Crippen molar-refractivity contribution in [2.45, 2.75) is 38.6 Å². The molecule has 0 spiro atoms. The van der Waals surface area contributed by atoms with Crippen molar-refractivity contribution in [1.29, 1.82) is 0 Å². The average molecular weight is 297 g/mol. The second-order valence-corrected chi connectivity index (χ2v) is 5.94. The van der Waals surface area contributed by atoms with E-state index >= 15 is 0 Å². The lowest BCUT2D eigenvalue weighted by molar-refractivity contribution is 0.0940. The molecule has 0 fully saturated rings. The van der Waals surface area contributed by atoms with Crippen LogP contribution >= 0.6 is 0 Å². The van der Waals surface area contributed by atoms with Crippen molar-refractivity contribution in [2.24, 2.45) is 0 Å². The van der Waals surface area contributed by atoms with Crippen molar-refractivity contribution in [3.05, 3.63) is 70.5 Å². The van der Waals surface area contributed by atoms with Gasteiger partial charge in [-0.05, 0) is 73.6 Å². The molecule has 2 aromatic rings. The van der Waals surface area contributed by atoms with Gasteiger partial charge in [0.2, 0.25) is 0 Å². The third-order valence-electron chi connectivity index (χ3n) is 4.33. The van der Waals surface area contributed by atoms with Crippen LogP contribution in [-0.2, 0) is 12.8 Å². The molecule has 0 radical (unpaired) electrons. The maximum absolute atomic E-state index is 12.9. The van der Waals surface area contributed by atoms with E-state index in [4.69, 9.17) is 0 Å². The Balaban J connectivity index is 1.72. The van der Waals surface area contributed by atoms with E-state index in [0.29, 0.717) is 5.56 Å². The summed E-state index contributed by atoms with van der Waals surface area (Å²) in [6.45, 7) is 1.98. The molecule has 2 aromatic carbocycles. The van der Waals surface area contributed by atoms with Crippen molar-refractivity contribution in [3.8, 4) is 0 Å². The molecular weight excluding hydrogens is 277 g/mol. The van der Waals surface area contributed by atoms with E-state index < -0.39 is 0 Å². The first kappa shape index (κ1) is 14.8.